The highest BCUT2D eigenvalue weighted by atomic mass is 32.1. The summed E-state index contributed by atoms with van der Waals surface area (Å²) < 4.78 is 8.02. The van der Waals surface area contributed by atoms with E-state index in [2.05, 4.69) is 28.5 Å². The lowest BCUT2D eigenvalue weighted by Crippen LogP contribution is -2.37. The molecule has 1 atom stereocenters. The lowest BCUT2D eigenvalue weighted by Gasteiger charge is -2.11. The van der Waals surface area contributed by atoms with Gasteiger partial charge in [-0.2, -0.15) is 5.10 Å². The second-order valence-electron chi connectivity index (χ2n) is 5.58. The van der Waals surface area contributed by atoms with Crippen LogP contribution in [0.1, 0.15) is 22.5 Å². The third-order valence-corrected chi connectivity index (χ3v) is 4.40. The fraction of sp³-hybridized carbons (Fsp3) is 0.400. The third kappa shape index (κ3) is 2.64. The molecule has 3 rings (SSSR count). The number of fused-ring (bicyclic) bond motifs is 1. The van der Waals surface area contributed by atoms with Gasteiger partial charge in [-0.25, -0.2) is 0 Å². The van der Waals surface area contributed by atoms with Crippen LogP contribution >= 0.6 is 12.2 Å². The summed E-state index contributed by atoms with van der Waals surface area (Å²) in [6.07, 6.45) is 0.116. The molecular weight excluding hydrogens is 300 g/mol. The number of H-pyrrole nitrogens is 1. The van der Waals surface area contributed by atoms with Crippen molar-refractivity contribution in [2.75, 3.05) is 0 Å². The number of aromatic nitrogens is 3. The molecule has 6 nitrogen and oxygen atoms in total. The fourth-order valence-electron chi connectivity index (χ4n) is 2.48. The number of rotatable bonds is 3. The number of hydrogen-bond donors (Lipinski definition) is 2. The minimum absolute atomic E-state index is 0.138. The van der Waals surface area contributed by atoms with Gasteiger partial charge in [0.2, 0.25) is 0 Å². The molecule has 1 aromatic heterocycles. The van der Waals surface area contributed by atoms with E-state index in [9.17, 15) is 4.79 Å². The van der Waals surface area contributed by atoms with E-state index in [4.69, 9.17) is 17.0 Å². The largest absolute Gasteiger partial charge is 0.480 e. The average Bonchev–Trinajstić information content (AvgIpc) is 3.02. The number of benzene rings is 1. The van der Waals surface area contributed by atoms with Gasteiger partial charge in [0.1, 0.15) is 5.75 Å². The Labute approximate surface area is 133 Å². The van der Waals surface area contributed by atoms with Gasteiger partial charge in [-0.3, -0.25) is 9.89 Å². The van der Waals surface area contributed by atoms with Crippen LogP contribution in [0.2, 0.25) is 0 Å². The molecule has 1 aliphatic rings. The molecule has 22 heavy (non-hydrogen) atoms. The maximum Gasteiger partial charge on any atom is 0.261 e. The van der Waals surface area contributed by atoms with E-state index in [1.807, 2.05) is 13.0 Å². The number of nitrogens with one attached hydrogen (secondary N) is 2. The molecule has 7 heteroatoms. The van der Waals surface area contributed by atoms with Crippen LogP contribution in [0.25, 0.3) is 0 Å². The number of carbonyl (C=O) groups is 1. The minimum Gasteiger partial charge on any atom is -0.480 e. The van der Waals surface area contributed by atoms with Crippen LogP contribution in [0.15, 0.2) is 12.1 Å². The minimum atomic E-state index is -0.483. The lowest BCUT2D eigenvalue weighted by atomic mass is 10.0. The number of amides is 1. The van der Waals surface area contributed by atoms with Crippen molar-refractivity contribution in [1.29, 1.82) is 0 Å². The van der Waals surface area contributed by atoms with Crippen LogP contribution in [-0.4, -0.2) is 26.8 Å². The predicted molar refractivity (Wildman–Crippen MR) is 84.3 cm³/mol. The number of carbonyl (C=O) groups excluding carboxylic acids is 1. The van der Waals surface area contributed by atoms with E-state index < -0.39 is 6.10 Å². The summed E-state index contributed by atoms with van der Waals surface area (Å²) >= 11 is 5.04. The van der Waals surface area contributed by atoms with Crippen LogP contribution in [0.5, 0.6) is 5.75 Å². The summed E-state index contributed by atoms with van der Waals surface area (Å²) in [5.74, 6) is 1.35. The van der Waals surface area contributed by atoms with E-state index in [1.165, 1.54) is 11.1 Å². The van der Waals surface area contributed by atoms with Gasteiger partial charge in [0.05, 0.1) is 6.54 Å². The zero-order valence-electron chi connectivity index (χ0n) is 12.8. The Morgan fingerprint density at radius 2 is 2.23 bits per heavy atom. The van der Waals surface area contributed by atoms with Gasteiger partial charge < -0.3 is 14.6 Å². The first kappa shape index (κ1) is 14.8. The van der Waals surface area contributed by atoms with Crippen LogP contribution in [-0.2, 0) is 24.8 Å². The summed E-state index contributed by atoms with van der Waals surface area (Å²) in [7, 11) is 1.81. The Morgan fingerprint density at radius 1 is 1.50 bits per heavy atom. The highest BCUT2D eigenvalue weighted by molar-refractivity contribution is 7.71. The van der Waals surface area contributed by atoms with Crippen LogP contribution in [0.4, 0.5) is 0 Å². The zero-order valence-corrected chi connectivity index (χ0v) is 13.6. The third-order valence-electron chi connectivity index (χ3n) is 4.04. The molecule has 1 aromatic carbocycles. The van der Waals surface area contributed by atoms with Crippen LogP contribution in [0.3, 0.4) is 0 Å². The highest BCUT2D eigenvalue weighted by Crippen LogP contribution is 2.31. The van der Waals surface area contributed by atoms with E-state index in [0.29, 0.717) is 23.6 Å². The SMILES string of the molecule is Cc1cc2c(cc1C)O[C@H](C(=O)NCc1n[nH]c(=S)n1C)C2. The Morgan fingerprint density at radius 3 is 2.91 bits per heavy atom. The maximum atomic E-state index is 12.3. The molecule has 0 radical (unpaired) electrons. The van der Waals surface area contributed by atoms with Gasteiger partial charge in [0, 0.05) is 13.5 Å². The van der Waals surface area contributed by atoms with Crippen molar-refractivity contribution in [3.8, 4) is 5.75 Å². The number of ether oxygens (including phenoxy) is 1. The number of aryl methyl sites for hydroxylation is 2. The summed E-state index contributed by atoms with van der Waals surface area (Å²) in [6, 6.07) is 4.09. The van der Waals surface area contributed by atoms with Crippen molar-refractivity contribution in [1.82, 2.24) is 20.1 Å². The van der Waals surface area contributed by atoms with Gasteiger partial charge in [-0.15, -0.1) is 0 Å². The van der Waals surface area contributed by atoms with Gasteiger partial charge in [0.25, 0.3) is 5.91 Å². The van der Waals surface area contributed by atoms with E-state index in [0.717, 1.165) is 11.3 Å². The molecule has 1 amide bonds. The quantitative estimate of drug-likeness (QED) is 0.845. The molecule has 1 aliphatic heterocycles. The van der Waals surface area contributed by atoms with Crippen LogP contribution in [0, 0.1) is 18.6 Å². The second-order valence-corrected chi connectivity index (χ2v) is 5.96. The molecule has 0 bridgehead atoms. The monoisotopic (exact) mass is 318 g/mol. The van der Waals surface area contributed by atoms with E-state index >= 15 is 0 Å². The molecule has 0 fully saturated rings. The van der Waals surface area contributed by atoms with Crippen molar-refractivity contribution in [2.24, 2.45) is 7.05 Å². The molecule has 2 N–H and O–H groups in total. The smallest absolute Gasteiger partial charge is 0.261 e. The molecule has 116 valence electrons. The first-order chi connectivity index (χ1) is 10.5. The molecule has 2 aromatic rings. The van der Waals surface area contributed by atoms with Crippen molar-refractivity contribution in [2.45, 2.75) is 32.9 Å². The summed E-state index contributed by atoms with van der Waals surface area (Å²) in [5, 5.41) is 9.60. The summed E-state index contributed by atoms with van der Waals surface area (Å²) in [6.45, 7) is 4.42. The molecule has 0 saturated heterocycles. The normalized spacial score (nSPS) is 16.2. The number of aromatic amines is 1. The zero-order chi connectivity index (χ0) is 15.9. The highest BCUT2D eigenvalue weighted by Gasteiger charge is 2.29. The van der Waals surface area contributed by atoms with Crippen molar-refractivity contribution >= 4 is 18.1 Å². The molecule has 0 aliphatic carbocycles. The summed E-state index contributed by atoms with van der Waals surface area (Å²) in [5.41, 5.74) is 3.47. The number of hydrogen-bond acceptors (Lipinski definition) is 4. The first-order valence-corrected chi connectivity index (χ1v) is 7.51. The van der Waals surface area contributed by atoms with E-state index in [1.54, 1.807) is 11.6 Å². The Kier molecular flexibility index (Phi) is 3.74. The first-order valence-electron chi connectivity index (χ1n) is 7.10. The van der Waals surface area contributed by atoms with Crippen molar-refractivity contribution in [3.05, 3.63) is 39.4 Å². The van der Waals surface area contributed by atoms with Crippen molar-refractivity contribution < 1.29 is 9.53 Å². The lowest BCUT2D eigenvalue weighted by molar-refractivity contribution is -0.127. The Bertz CT molecular complexity index is 762. The van der Waals surface area contributed by atoms with Gasteiger partial charge >= 0.3 is 0 Å². The van der Waals surface area contributed by atoms with Gasteiger partial charge in [-0.1, -0.05) is 6.07 Å². The van der Waals surface area contributed by atoms with Gasteiger partial charge in [0.15, 0.2) is 16.7 Å². The standard InChI is InChI=1S/C15H18N4O2S/c1-8-4-10-6-12(21-11(10)5-9(8)2)14(20)16-7-13-17-18-15(22)19(13)3/h4-5,12H,6-7H2,1-3H3,(H,16,20)(H,18,22)/t12-/m0/s1. The molecule has 0 spiro atoms. The molecule has 2 heterocycles. The van der Waals surface area contributed by atoms with Crippen molar-refractivity contribution in [3.63, 3.8) is 0 Å². The van der Waals surface area contributed by atoms with Gasteiger partial charge in [-0.05, 0) is 48.8 Å². The van der Waals surface area contributed by atoms with E-state index in [-0.39, 0.29) is 5.91 Å². The second kappa shape index (κ2) is 5.57. The Hall–Kier alpha value is -2.15. The maximum absolute atomic E-state index is 12.3. The number of nitrogens with zero attached hydrogens (tertiary/aromatic N) is 2. The molecule has 0 unspecified atom stereocenters. The van der Waals surface area contributed by atoms with Crippen LogP contribution < -0.4 is 10.1 Å². The molecule has 0 saturated carbocycles. The molecular formula is C15H18N4O2S. The summed E-state index contributed by atoms with van der Waals surface area (Å²) in [4.78, 5) is 12.3. The predicted octanol–water partition coefficient (Wildman–Crippen LogP) is 1.71. The fourth-order valence-corrected chi connectivity index (χ4v) is 2.63. The topological polar surface area (TPSA) is 71.9 Å². The Balaban J connectivity index is 1.65. The average molecular weight is 318 g/mol.